The quantitative estimate of drug-likeness (QED) is 0.724. The lowest BCUT2D eigenvalue weighted by Crippen LogP contribution is -2.46. The van der Waals surface area contributed by atoms with Crippen LogP contribution < -0.4 is 5.32 Å². The van der Waals surface area contributed by atoms with Gasteiger partial charge in [-0.1, -0.05) is 20.8 Å². The van der Waals surface area contributed by atoms with E-state index in [1.807, 2.05) is 20.8 Å². The Labute approximate surface area is 125 Å². The van der Waals surface area contributed by atoms with E-state index in [4.69, 9.17) is 4.74 Å². The van der Waals surface area contributed by atoms with E-state index in [0.29, 0.717) is 19.3 Å². The van der Waals surface area contributed by atoms with E-state index in [9.17, 15) is 19.5 Å². The largest absolute Gasteiger partial charge is 0.481 e. The van der Waals surface area contributed by atoms with Crippen LogP contribution in [0.2, 0.25) is 0 Å². The van der Waals surface area contributed by atoms with E-state index < -0.39 is 29.8 Å². The van der Waals surface area contributed by atoms with E-state index >= 15 is 0 Å². The zero-order valence-corrected chi connectivity index (χ0v) is 13.1. The van der Waals surface area contributed by atoms with Crippen molar-refractivity contribution in [2.45, 2.75) is 46.1 Å². The molecule has 0 heterocycles. The lowest BCUT2D eigenvalue weighted by molar-refractivity contribution is -0.148. The SMILES string of the molecule is COC(=O)C(CC(C)C)NC(=O)[C@H]1CC(C)C[C@H]1C(=O)O. The normalized spacial score (nSPS) is 26.4. The summed E-state index contributed by atoms with van der Waals surface area (Å²) < 4.78 is 4.70. The predicted molar refractivity (Wildman–Crippen MR) is 76.4 cm³/mol. The first kappa shape index (κ1) is 17.5. The van der Waals surface area contributed by atoms with Gasteiger partial charge in [-0.15, -0.1) is 0 Å². The summed E-state index contributed by atoms with van der Waals surface area (Å²) in [6, 6.07) is -0.715. The van der Waals surface area contributed by atoms with Gasteiger partial charge in [-0.2, -0.15) is 0 Å². The van der Waals surface area contributed by atoms with Crippen molar-refractivity contribution in [3.8, 4) is 0 Å². The molecule has 0 saturated heterocycles. The average Bonchev–Trinajstić information content (AvgIpc) is 2.78. The smallest absolute Gasteiger partial charge is 0.328 e. The topological polar surface area (TPSA) is 92.7 Å². The first-order valence-corrected chi connectivity index (χ1v) is 7.37. The van der Waals surface area contributed by atoms with Gasteiger partial charge < -0.3 is 15.2 Å². The second-order valence-corrected chi connectivity index (χ2v) is 6.34. The predicted octanol–water partition coefficient (Wildman–Crippen LogP) is 1.44. The van der Waals surface area contributed by atoms with Crippen LogP contribution in [0.5, 0.6) is 0 Å². The van der Waals surface area contributed by atoms with Crippen LogP contribution >= 0.6 is 0 Å². The highest BCUT2D eigenvalue weighted by atomic mass is 16.5. The molecular formula is C15H25NO5. The van der Waals surface area contributed by atoms with E-state index in [0.717, 1.165) is 0 Å². The van der Waals surface area contributed by atoms with Crippen LogP contribution in [0.15, 0.2) is 0 Å². The van der Waals surface area contributed by atoms with E-state index in [2.05, 4.69) is 5.32 Å². The average molecular weight is 299 g/mol. The molecule has 0 aromatic rings. The standard InChI is InChI=1S/C15H25NO5/c1-8(2)5-12(15(20)21-4)16-13(17)10-6-9(3)7-11(10)14(18)19/h8-12H,5-7H2,1-4H3,(H,16,17)(H,18,19)/t9?,10-,11+,12?/m0/s1. The summed E-state index contributed by atoms with van der Waals surface area (Å²) in [4.78, 5) is 35.3. The van der Waals surface area contributed by atoms with Gasteiger partial charge in [0.1, 0.15) is 6.04 Å². The molecule has 6 nitrogen and oxygen atoms in total. The second-order valence-electron chi connectivity index (χ2n) is 6.34. The van der Waals surface area contributed by atoms with Crippen molar-refractivity contribution in [3.63, 3.8) is 0 Å². The molecule has 1 amide bonds. The molecule has 0 aromatic carbocycles. The van der Waals surface area contributed by atoms with E-state index in [1.54, 1.807) is 0 Å². The summed E-state index contributed by atoms with van der Waals surface area (Å²) in [7, 11) is 1.28. The molecule has 1 rings (SSSR count). The van der Waals surface area contributed by atoms with Crippen LogP contribution in [0.1, 0.15) is 40.0 Å². The minimum Gasteiger partial charge on any atom is -0.481 e. The maximum absolute atomic E-state index is 12.3. The molecule has 21 heavy (non-hydrogen) atoms. The van der Waals surface area contributed by atoms with Gasteiger partial charge in [0.05, 0.1) is 18.9 Å². The second kappa shape index (κ2) is 7.43. The number of carboxylic acid groups (broad SMARTS) is 1. The Morgan fingerprint density at radius 1 is 1.24 bits per heavy atom. The fraction of sp³-hybridized carbons (Fsp3) is 0.800. The van der Waals surface area contributed by atoms with Gasteiger partial charge in [-0.25, -0.2) is 4.79 Å². The van der Waals surface area contributed by atoms with Crippen molar-refractivity contribution in [2.24, 2.45) is 23.7 Å². The number of carboxylic acids is 1. The highest BCUT2D eigenvalue weighted by molar-refractivity contribution is 5.89. The molecule has 0 spiro atoms. The molecule has 2 unspecified atom stereocenters. The molecule has 1 saturated carbocycles. The maximum Gasteiger partial charge on any atom is 0.328 e. The Hall–Kier alpha value is -1.59. The van der Waals surface area contributed by atoms with Gasteiger partial charge in [0.15, 0.2) is 0 Å². The molecule has 0 radical (unpaired) electrons. The maximum atomic E-state index is 12.3. The molecule has 6 heteroatoms. The van der Waals surface area contributed by atoms with E-state index in [1.165, 1.54) is 7.11 Å². The van der Waals surface area contributed by atoms with Crippen molar-refractivity contribution in [1.82, 2.24) is 5.32 Å². The summed E-state index contributed by atoms with van der Waals surface area (Å²) in [6.07, 6.45) is 1.51. The Kier molecular flexibility index (Phi) is 6.18. The highest BCUT2D eigenvalue weighted by Gasteiger charge is 2.42. The Balaban J connectivity index is 2.76. The molecule has 2 N–H and O–H groups in total. The molecule has 0 bridgehead atoms. The molecule has 0 aliphatic heterocycles. The molecular weight excluding hydrogens is 274 g/mol. The number of aliphatic carboxylic acids is 1. The number of nitrogens with one attached hydrogen (secondary N) is 1. The lowest BCUT2D eigenvalue weighted by atomic mass is 9.94. The van der Waals surface area contributed by atoms with Crippen molar-refractivity contribution in [2.75, 3.05) is 7.11 Å². The van der Waals surface area contributed by atoms with Crippen LogP contribution in [-0.4, -0.2) is 36.1 Å². The summed E-state index contributed by atoms with van der Waals surface area (Å²) in [5, 5.41) is 11.9. The third kappa shape index (κ3) is 4.72. The molecule has 1 aliphatic carbocycles. The minimum absolute atomic E-state index is 0.198. The van der Waals surface area contributed by atoms with Crippen LogP contribution in [0.3, 0.4) is 0 Å². The zero-order chi connectivity index (χ0) is 16.2. The number of rotatable bonds is 6. The molecule has 4 atom stereocenters. The first-order chi connectivity index (χ1) is 9.76. The van der Waals surface area contributed by atoms with Crippen LogP contribution in [0.4, 0.5) is 0 Å². The summed E-state index contributed by atoms with van der Waals surface area (Å²) >= 11 is 0. The van der Waals surface area contributed by atoms with Gasteiger partial charge in [0, 0.05) is 0 Å². The number of hydrogen-bond donors (Lipinski definition) is 2. The minimum atomic E-state index is -0.946. The Morgan fingerprint density at radius 3 is 2.29 bits per heavy atom. The van der Waals surface area contributed by atoms with Crippen molar-refractivity contribution in [1.29, 1.82) is 0 Å². The fourth-order valence-electron chi connectivity index (χ4n) is 2.96. The van der Waals surface area contributed by atoms with Crippen LogP contribution in [0, 0.1) is 23.7 Å². The number of methoxy groups -OCH3 is 1. The first-order valence-electron chi connectivity index (χ1n) is 7.37. The molecule has 1 fully saturated rings. The van der Waals surface area contributed by atoms with Gasteiger partial charge >= 0.3 is 11.9 Å². The van der Waals surface area contributed by atoms with Gasteiger partial charge in [0.2, 0.25) is 5.91 Å². The van der Waals surface area contributed by atoms with Crippen molar-refractivity contribution < 1.29 is 24.2 Å². The van der Waals surface area contributed by atoms with Crippen LogP contribution in [0.25, 0.3) is 0 Å². The fourth-order valence-corrected chi connectivity index (χ4v) is 2.96. The molecule has 0 aromatic heterocycles. The third-order valence-corrected chi connectivity index (χ3v) is 3.96. The Morgan fingerprint density at radius 2 is 1.81 bits per heavy atom. The number of carbonyl (C=O) groups excluding carboxylic acids is 2. The van der Waals surface area contributed by atoms with Crippen LogP contribution in [-0.2, 0) is 19.1 Å². The lowest BCUT2D eigenvalue weighted by Gasteiger charge is -2.22. The third-order valence-electron chi connectivity index (χ3n) is 3.96. The number of hydrogen-bond acceptors (Lipinski definition) is 4. The summed E-state index contributed by atoms with van der Waals surface area (Å²) in [6.45, 7) is 5.83. The van der Waals surface area contributed by atoms with Crippen molar-refractivity contribution in [3.05, 3.63) is 0 Å². The van der Waals surface area contributed by atoms with Crippen molar-refractivity contribution >= 4 is 17.8 Å². The molecule has 1 aliphatic rings. The number of ether oxygens (including phenoxy) is 1. The monoisotopic (exact) mass is 299 g/mol. The number of esters is 1. The number of carbonyl (C=O) groups is 3. The zero-order valence-electron chi connectivity index (χ0n) is 13.1. The number of amides is 1. The highest BCUT2D eigenvalue weighted by Crippen LogP contribution is 2.36. The van der Waals surface area contributed by atoms with Gasteiger partial charge in [0.25, 0.3) is 0 Å². The van der Waals surface area contributed by atoms with Gasteiger partial charge in [-0.3, -0.25) is 9.59 Å². The van der Waals surface area contributed by atoms with E-state index in [-0.39, 0.29) is 17.7 Å². The molecule has 120 valence electrons. The summed E-state index contributed by atoms with van der Waals surface area (Å²) in [5.41, 5.74) is 0. The summed E-state index contributed by atoms with van der Waals surface area (Å²) in [5.74, 6) is -2.62. The van der Waals surface area contributed by atoms with Gasteiger partial charge in [-0.05, 0) is 31.1 Å². The Bertz CT molecular complexity index is 407.